The predicted molar refractivity (Wildman–Crippen MR) is 99.9 cm³/mol. The second-order valence-corrected chi connectivity index (χ2v) is 7.11. The highest BCUT2D eigenvalue weighted by Crippen LogP contribution is 2.28. The highest BCUT2D eigenvalue weighted by atomic mass is 16.3. The van der Waals surface area contributed by atoms with Crippen LogP contribution in [0.15, 0.2) is 36.4 Å². The SMILES string of the molecule is O=C(C1CCCN(c2ccc(-c3ccccc3O)nn2)C1)N1CCCC1. The number of likely N-dealkylation sites (tertiary alicyclic amines) is 1. The van der Waals surface area contributed by atoms with Gasteiger partial charge in [-0.1, -0.05) is 12.1 Å². The Morgan fingerprint density at radius 2 is 1.81 bits per heavy atom. The molecule has 1 unspecified atom stereocenters. The number of para-hydroxylation sites is 1. The van der Waals surface area contributed by atoms with E-state index in [0.717, 1.165) is 51.1 Å². The average Bonchev–Trinajstić information content (AvgIpc) is 3.23. The first-order valence-corrected chi connectivity index (χ1v) is 9.38. The molecule has 6 heteroatoms. The van der Waals surface area contributed by atoms with Gasteiger partial charge in [0.2, 0.25) is 5.91 Å². The minimum atomic E-state index is 0.0569. The molecular formula is C20H24N4O2. The van der Waals surface area contributed by atoms with Crippen LogP contribution in [-0.4, -0.2) is 52.3 Å². The number of aromatic hydroxyl groups is 1. The van der Waals surface area contributed by atoms with Crippen molar-refractivity contribution in [2.75, 3.05) is 31.1 Å². The zero-order valence-electron chi connectivity index (χ0n) is 14.8. The van der Waals surface area contributed by atoms with Crippen LogP contribution in [0.3, 0.4) is 0 Å². The summed E-state index contributed by atoms with van der Waals surface area (Å²) in [4.78, 5) is 16.9. The molecule has 2 fully saturated rings. The molecule has 1 amide bonds. The van der Waals surface area contributed by atoms with Crippen molar-refractivity contribution in [3.63, 3.8) is 0 Å². The Balaban J connectivity index is 1.47. The van der Waals surface area contributed by atoms with E-state index in [1.165, 1.54) is 0 Å². The number of piperidine rings is 1. The average molecular weight is 352 g/mol. The number of phenolic OH excluding ortho intramolecular Hbond substituents is 1. The maximum absolute atomic E-state index is 12.7. The third kappa shape index (κ3) is 3.36. The summed E-state index contributed by atoms with van der Waals surface area (Å²) in [5, 5.41) is 18.6. The summed E-state index contributed by atoms with van der Waals surface area (Å²) in [5.41, 5.74) is 1.32. The summed E-state index contributed by atoms with van der Waals surface area (Å²) < 4.78 is 0. The van der Waals surface area contributed by atoms with Gasteiger partial charge >= 0.3 is 0 Å². The molecular weight excluding hydrogens is 328 g/mol. The number of hydrogen-bond donors (Lipinski definition) is 1. The number of rotatable bonds is 3. The minimum absolute atomic E-state index is 0.0569. The Kier molecular flexibility index (Phi) is 4.73. The second-order valence-electron chi connectivity index (χ2n) is 7.11. The van der Waals surface area contributed by atoms with Gasteiger partial charge in [0.15, 0.2) is 5.82 Å². The van der Waals surface area contributed by atoms with Gasteiger partial charge in [0, 0.05) is 31.7 Å². The molecule has 2 aliphatic rings. The van der Waals surface area contributed by atoms with Crippen molar-refractivity contribution in [3.8, 4) is 17.0 Å². The van der Waals surface area contributed by atoms with Crippen molar-refractivity contribution in [1.82, 2.24) is 15.1 Å². The molecule has 1 atom stereocenters. The normalized spacial score (nSPS) is 20.4. The van der Waals surface area contributed by atoms with E-state index in [1.54, 1.807) is 12.1 Å². The number of carbonyl (C=O) groups excluding carboxylic acids is 1. The van der Waals surface area contributed by atoms with E-state index in [9.17, 15) is 9.90 Å². The molecule has 0 saturated carbocycles. The van der Waals surface area contributed by atoms with Crippen LogP contribution in [0.2, 0.25) is 0 Å². The number of anilines is 1. The van der Waals surface area contributed by atoms with E-state index in [0.29, 0.717) is 23.7 Å². The predicted octanol–water partition coefficient (Wildman–Crippen LogP) is 2.69. The van der Waals surface area contributed by atoms with Gasteiger partial charge in [-0.25, -0.2) is 0 Å². The third-order valence-electron chi connectivity index (χ3n) is 5.34. The Morgan fingerprint density at radius 1 is 1.00 bits per heavy atom. The maximum Gasteiger partial charge on any atom is 0.227 e. The van der Waals surface area contributed by atoms with Gasteiger partial charge in [-0.3, -0.25) is 4.79 Å². The van der Waals surface area contributed by atoms with Gasteiger partial charge in [-0.2, -0.15) is 0 Å². The zero-order chi connectivity index (χ0) is 17.9. The van der Waals surface area contributed by atoms with E-state index >= 15 is 0 Å². The quantitative estimate of drug-likeness (QED) is 0.920. The monoisotopic (exact) mass is 352 g/mol. The lowest BCUT2D eigenvalue weighted by atomic mass is 9.96. The smallest absolute Gasteiger partial charge is 0.227 e. The van der Waals surface area contributed by atoms with E-state index in [2.05, 4.69) is 15.1 Å². The van der Waals surface area contributed by atoms with Crippen LogP contribution in [0.1, 0.15) is 25.7 Å². The molecule has 0 radical (unpaired) electrons. The van der Waals surface area contributed by atoms with Crippen molar-refractivity contribution < 1.29 is 9.90 Å². The largest absolute Gasteiger partial charge is 0.507 e. The molecule has 0 spiro atoms. The number of benzene rings is 1. The lowest BCUT2D eigenvalue weighted by Gasteiger charge is -2.34. The van der Waals surface area contributed by atoms with Crippen molar-refractivity contribution >= 4 is 11.7 Å². The topological polar surface area (TPSA) is 69.6 Å². The van der Waals surface area contributed by atoms with Crippen LogP contribution in [0, 0.1) is 5.92 Å². The summed E-state index contributed by atoms with van der Waals surface area (Å²) in [7, 11) is 0. The molecule has 4 rings (SSSR count). The zero-order valence-corrected chi connectivity index (χ0v) is 14.8. The van der Waals surface area contributed by atoms with Crippen LogP contribution in [0.5, 0.6) is 5.75 Å². The first-order valence-electron chi connectivity index (χ1n) is 9.38. The minimum Gasteiger partial charge on any atom is -0.507 e. The van der Waals surface area contributed by atoms with E-state index in [-0.39, 0.29) is 11.7 Å². The first-order chi connectivity index (χ1) is 12.7. The van der Waals surface area contributed by atoms with Crippen molar-refractivity contribution in [1.29, 1.82) is 0 Å². The van der Waals surface area contributed by atoms with Gasteiger partial charge < -0.3 is 14.9 Å². The highest BCUT2D eigenvalue weighted by molar-refractivity contribution is 5.80. The molecule has 6 nitrogen and oxygen atoms in total. The van der Waals surface area contributed by atoms with Crippen LogP contribution < -0.4 is 4.90 Å². The van der Waals surface area contributed by atoms with Crippen LogP contribution in [-0.2, 0) is 4.79 Å². The third-order valence-corrected chi connectivity index (χ3v) is 5.34. The standard InChI is InChI=1S/C20H24N4O2/c25-18-8-2-1-7-16(18)17-9-10-19(22-21-17)24-13-5-6-15(14-24)20(26)23-11-3-4-12-23/h1-2,7-10,15,25H,3-6,11-14H2. The van der Waals surface area contributed by atoms with Gasteiger partial charge in [0.25, 0.3) is 0 Å². The number of aromatic nitrogens is 2. The van der Waals surface area contributed by atoms with Crippen molar-refractivity contribution in [2.45, 2.75) is 25.7 Å². The van der Waals surface area contributed by atoms with Crippen LogP contribution >= 0.6 is 0 Å². The first kappa shape index (κ1) is 16.8. The molecule has 0 bridgehead atoms. The summed E-state index contributed by atoms with van der Waals surface area (Å²) in [6.45, 7) is 3.42. The Bertz CT molecular complexity index is 772. The summed E-state index contributed by atoms with van der Waals surface area (Å²) >= 11 is 0. The molecule has 1 aromatic heterocycles. The molecule has 136 valence electrons. The molecule has 1 aromatic carbocycles. The van der Waals surface area contributed by atoms with Crippen LogP contribution in [0.25, 0.3) is 11.3 Å². The van der Waals surface area contributed by atoms with Gasteiger partial charge in [0.1, 0.15) is 5.75 Å². The molecule has 26 heavy (non-hydrogen) atoms. The molecule has 0 aliphatic carbocycles. The van der Waals surface area contributed by atoms with Gasteiger partial charge in [-0.15, -0.1) is 10.2 Å². The fourth-order valence-electron chi connectivity index (χ4n) is 3.91. The summed E-state index contributed by atoms with van der Waals surface area (Å²) in [6.07, 6.45) is 4.20. The number of nitrogens with zero attached hydrogens (tertiary/aromatic N) is 4. The molecule has 2 saturated heterocycles. The van der Waals surface area contributed by atoms with Gasteiger partial charge in [-0.05, 0) is 49.9 Å². The van der Waals surface area contributed by atoms with E-state index in [1.807, 2.05) is 29.2 Å². The fraction of sp³-hybridized carbons (Fsp3) is 0.450. The Morgan fingerprint density at radius 3 is 2.54 bits per heavy atom. The molecule has 2 aromatic rings. The lowest BCUT2D eigenvalue weighted by molar-refractivity contribution is -0.134. The second kappa shape index (κ2) is 7.32. The number of hydrogen-bond acceptors (Lipinski definition) is 5. The van der Waals surface area contributed by atoms with Crippen molar-refractivity contribution in [3.05, 3.63) is 36.4 Å². The number of carbonyl (C=O) groups is 1. The lowest BCUT2D eigenvalue weighted by Crippen LogP contribution is -2.44. The maximum atomic E-state index is 12.7. The molecule has 2 aliphatic heterocycles. The Labute approximate surface area is 153 Å². The number of phenols is 1. The van der Waals surface area contributed by atoms with Gasteiger partial charge in [0.05, 0.1) is 11.6 Å². The molecule has 1 N–H and O–H groups in total. The van der Waals surface area contributed by atoms with Crippen LogP contribution in [0.4, 0.5) is 5.82 Å². The summed E-state index contributed by atoms with van der Waals surface area (Å²) in [6, 6.07) is 10.9. The van der Waals surface area contributed by atoms with Crippen molar-refractivity contribution in [2.24, 2.45) is 5.92 Å². The number of amides is 1. The summed E-state index contributed by atoms with van der Waals surface area (Å²) in [5.74, 6) is 1.35. The highest BCUT2D eigenvalue weighted by Gasteiger charge is 2.31. The van der Waals surface area contributed by atoms with E-state index in [4.69, 9.17) is 0 Å². The molecule has 3 heterocycles. The Hall–Kier alpha value is -2.63. The van der Waals surface area contributed by atoms with E-state index < -0.39 is 0 Å². The fourth-order valence-corrected chi connectivity index (χ4v) is 3.91.